The molecule has 0 aromatic carbocycles. The minimum atomic E-state index is -2.78. The molecule has 0 spiro atoms. The summed E-state index contributed by atoms with van der Waals surface area (Å²) >= 11 is 6.60. The Bertz CT molecular complexity index is 457. The van der Waals surface area contributed by atoms with Crippen molar-refractivity contribution in [1.82, 2.24) is 0 Å². The lowest BCUT2D eigenvalue weighted by Gasteiger charge is -2.20. The third-order valence-corrected chi connectivity index (χ3v) is 5.07. The fraction of sp³-hybridized carbons (Fsp3) is 0.500. The van der Waals surface area contributed by atoms with E-state index in [1.165, 1.54) is 11.3 Å². The van der Waals surface area contributed by atoms with E-state index in [2.05, 4.69) is 6.07 Å². The van der Waals surface area contributed by atoms with E-state index in [0.717, 1.165) is 4.88 Å². The Morgan fingerprint density at radius 3 is 2.47 bits per heavy atom. The molecular weight excluding hydrogens is 277 g/mol. The van der Waals surface area contributed by atoms with Gasteiger partial charge in [-0.15, -0.1) is 11.3 Å². The molecule has 94 valence electrons. The zero-order chi connectivity index (χ0) is 12.9. The average Bonchev–Trinajstić information content (AvgIpc) is 2.58. The van der Waals surface area contributed by atoms with Crippen LogP contribution in [0, 0.1) is 18.3 Å². The third-order valence-electron chi connectivity index (χ3n) is 1.71. The first-order valence-corrected chi connectivity index (χ1v) is 8.51. The van der Waals surface area contributed by atoms with Gasteiger partial charge in [0, 0.05) is 16.7 Å². The number of thiophene rings is 1. The fourth-order valence-electron chi connectivity index (χ4n) is 1.16. The summed E-state index contributed by atoms with van der Waals surface area (Å²) in [5.74, 6) is 0.459. The van der Waals surface area contributed by atoms with Gasteiger partial charge in [0.2, 0.25) is 0 Å². The van der Waals surface area contributed by atoms with Gasteiger partial charge in [-0.2, -0.15) is 5.26 Å². The molecule has 0 radical (unpaired) electrons. The fourth-order valence-corrected chi connectivity index (χ4v) is 4.03. The van der Waals surface area contributed by atoms with Crippen molar-refractivity contribution >= 4 is 29.9 Å². The molecule has 0 aliphatic rings. The van der Waals surface area contributed by atoms with Crippen LogP contribution in [0.4, 0.5) is 0 Å². The highest BCUT2D eigenvalue weighted by atomic mass is 32.5. The molecule has 0 saturated carbocycles. The molecule has 1 heterocycles. The van der Waals surface area contributed by atoms with Gasteiger partial charge in [0.25, 0.3) is 0 Å². The average molecular weight is 291 g/mol. The van der Waals surface area contributed by atoms with Crippen molar-refractivity contribution in [1.29, 1.82) is 5.26 Å². The van der Waals surface area contributed by atoms with E-state index in [1.54, 1.807) is 6.07 Å². The van der Waals surface area contributed by atoms with Crippen molar-refractivity contribution in [3.05, 3.63) is 15.8 Å². The first-order chi connectivity index (χ1) is 8.04. The zero-order valence-corrected chi connectivity index (χ0v) is 12.5. The second-order valence-electron chi connectivity index (χ2n) is 3.04. The lowest BCUT2D eigenvalue weighted by atomic mass is 10.4. The Labute approximate surface area is 110 Å². The van der Waals surface area contributed by atoms with Crippen LogP contribution in [0.1, 0.15) is 23.6 Å². The monoisotopic (exact) mass is 291 g/mol. The molecule has 0 aliphatic heterocycles. The predicted octanol–water partition coefficient (Wildman–Crippen LogP) is 3.60. The standard InChI is InChI=1S/C10H14NO3PS2/c1-4-12-15(16,13-5-2)14-9-6-8(3)17-10(9)7-11/h6H,4-5H2,1-3H3. The first kappa shape index (κ1) is 14.6. The van der Waals surface area contributed by atoms with Gasteiger partial charge in [-0.05, 0) is 26.8 Å². The van der Waals surface area contributed by atoms with Gasteiger partial charge >= 0.3 is 6.72 Å². The van der Waals surface area contributed by atoms with Crippen LogP contribution in [0.2, 0.25) is 0 Å². The molecule has 4 nitrogen and oxygen atoms in total. The zero-order valence-electron chi connectivity index (χ0n) is 9.93. The number of rotatable bonds is 6. The molecule has 0 aliphatic carbocycles. The Kier molecular flexibility index (Phi) is 5.57. The molecular formula is C10H14NO3PS2. The topological polar surface area (TPSA) is 51.5 Å². The summed E-state index contributed by atoms with van der Waals surface area (Å²) in [6.45, 7) is 3.62. The summed E-state index contributed by atoms with van der Waals surface area (Å²) in [6, 6.07) is 3.86. The van der Waals surface area contributed by atoms with E-state index in [0.29, 0.717) is 23.8 Å². The minimum absolute atomic E-state index is 0.419. The molecule has 0 amide bonds. The normalized spacial score (nSPS) is 11.2. The molecule has 17 heavy (non-hydrogen) atoms. The summed E-state index contributed by atoms with van der Waals surface area (Å²) in [5.41, 5.74) is 0. The summed E-state index contributed by atoms with van der Waals surface area (Å²) in [6.07, 6.45) is 0. The molecule has 0 fully saturated rings. The van der Waals surface area contributed by atoms with Crippen molar-refractivity contribution in [2.45, 2.75) is 20.8 Å². The van der Waals surface area contributed by atoms with E-state index in [1.807, 2.05) is 20.8 Å². The molecule has 1 rings (SSSR count). The van der Waals surface area contributed by atoms with E-state index in [9.17, 15) is 0 Å². The molecule has 0 N–H and O–H groups in total. The van der Waals surface area contributed by atoms with Gasteiger partial charge in [-0.1, -0.05) is 0 Å². The van der Waals surface area contributed by atoms with Gasteiger partial charge in [0.05, 0.1) is 13.2 Å². The maximum absolute atomic E-state index is 8.97. The third kappa shape index (κ3) is 4.06. The number of aryl methyl sites for hydroxylation is 1. The molecule has 0 bridgehead atoms. The summed E-state index contributed by atoms with van der Waals surface area (Å²) < 4.78 is 16.3. The van der Waals surface area contributed by atoms with Gasteiger partial charge in [-0.25, -0.2) is 0 Å². The SMILES string of the molecule is CCOP(=S)(OCC)Oc1cc(C)sc1C#N. The van der Waals surface area contributed by atoms with Crippen LogP contribution < -0.4 is 4.52 Å². The Morgan fingerprint density at radius 2 is 2.00 bits per heavy atom. The Hall–Kier alpha value is -0.440. The summed E-state index contributed by atoms with van der Waals surface area (Å²) in [7, 11) is 0. The number of nitrogens with zero attached hydrogens (tertiary/aromatic N) is 1. The van der Waals surface area contributed by atoms with E-state index < -0.39 is 6.72 Å². The quantitative estimate of drug-likeness (QED) is 0.749. The highest BCUT2D eigenvalue weighted by Crippen LogP contribution is 2.51. The predicted molar refractivity (Wildman–Crippen MR) is 71.9 cm³/mol. The molecule has 1 aromatic rings. The molecule has 1 aromatic heterocycles. The molecule has 0 unspecified atom stereocenters. The second kappa shape index (κ2) is 6.48. The molecule has 0 atom stereocenters. The van der Waals surface area contributed by atoms with E-state index >= 15 is 0 Å². The smallest absolute Gasteiger partial charge is 0.380 e. The van der Waals surface area contributed by atoms with Crippen LogP contribution >= 0.6 is 18.1 Å². The Morgan fingerprint density at radius 1 is 1.41 bits per heavy atom. The van der Waals surface area contributed by atoms with Crippen LogP contribution in [-0.2, 0) is 20.9 Å². The Balaban J connectivity index is 2.93. The maximum Gasteiger partial charge on any atom is 0.380 e. The van der Waals surface area contributed by atoms with E-state index in [-0.39, 0.29) is 0 Å². The first-order valence-electron chi connectivity index (χ1n) is 5.14. The second-order valence-corrected chi connectivity index (χ2v) is 7.23. The number of nitriles is 1. The molecule has 7 heteroatoms. The van der Waals surface area contributed by atoms with Gasteiger partial charge < -0.3 is 4.52 Å². The van der Waals surface area contributed by atoms with Crippen molar-refractivity contribution < 1.29 is 13.6 Å². The molecule has 0 saturated heterocycles. The highest BCUT2D eigenvalue weighted by molar-refractivity contribution is 8.07. The van der Waals surface area contributed by atoms with Crippen molar-refractivity contribution in [2.75, 3.05) is 13.2 Å². The van der Waals surface area contributed by atoms with Crippen molar-refractivity contribution in [2.24, 2.45) is 0 Å². The maximum atomic E-state index is 8.97. The largest absolute Gasteiger partial charge is 0.422 e. The van der Waals surface area contributed by atoms with Crippen LogP contribution in [0.3, 0.4) is 0 Å². The van der Waals surface area contributed by atoms with Gasteiger partial charge in [-0.3, -0.25) is 9.05 Å². The summed E-state index contributed by atoms with van der Waals surface area (Å²) in [5, 5.41) is 8.97. The van der Waals surface area contributed by atoms with Crippen molar-refractivity contribution in [3.8, 4) is 11.8 Å². The van der Waals surface area contributed by atoms with Crippen LogP contribution in [0.15, 0.2) is 6.07 Å². The number of hydrogen-bond acceptors (Lipinski definition) is 6. The van der Waals surface area contributed by atoms with Crippen LogP contribution in [0.5, 0.6) is 5.75 Å². The highest BCUT2D eigenvalue weighted by Gasteiger charge is 2.23. The minimum Gasteiger partial charge on any atom is -0.422 e. The van der Waals surface area contributed by atoms with Gasteiger partial charge in [0.15, 0.2) is 5.75 Å². The number of hydrogen-bond donors (Lipinski definition) is 0. The van der Waals surface area contributed by atoms with Crippen LogP contribution in [0.25, 0.3) is 0 Å². The van der Waals surface area contributed by atoms with Gasteiger partial charge in [0.1, 0.15) is 10.9 Å². The lowest BCUT2D eigenvalue weighted by molar-refractivity contribution is 0.218. The van der Waals surface area contributed by atoms with E-state index in [4.69, 9.17) is 30.6 Å². The lowest BCUT2D eigenvalue weighted by Crippen LogP contribution is -2.02. The summed E-state index contributed by atoms with van der Waals surface area (Å²) in [4.78, 5) is 1.49. The van der Waals surface area contributed by atoms with Crippen molar-refractivity contribution in [3.63, 3.8) is 0 Å². The van der Waals surface area contributed by atoms with Crippen LogP contribution in [-0.4, -0.2) is 13.2 Å².